The highest BCUT2D eigenvalue weighted by Crippen LogP contribution is 1.93. The van der Waals surface area contributed by atoms with Gasteiger partial charge in [-0.25, -0.2) is 19.2 Å². The van der Waals surface area contributed by atoms with Gasteiger partial charge >= 0.3 is 23.9 Å². The lowest BCUT2D eigenvalue weighted by Gasteiger charge is -2.16. The number of carboxylic acids is 4. The van der Waals surface area contributed by atoms with Crippen LogP contribution in [-0.4, -0.2) is 89.0 Å². The molecule has 0 amide bonds. The van der Waals surface area contributed by atoms with E-state index in [-0.39, 0.29) is 26.3 Å². The Morgan fingerprint density at radius 1 is 0.750 bits per heavy atom. The third kappa shape index (κ3) is 8.99. The van der Waals surface area contributed by atoms with Crippen LogP contribution in [0.15, 0.2) is 0 Å². The molecule has 0 aromatic rings. The summed E-state index contributed by atoms with van der Waals surface area (Å²) < 4.78 is 10.2. The summed E-state index contributed by atoms with van der Waals surface area (Å²) in [6.45, 7) is 1.36. The average Bonchev–Trinajstić information content (AvgIpc) is 2.44. The number of ether oxygens (including phenoxy) is 2. The zero-order chi connectivity index (χ0) is 18.7. The summed E-state index contributed by atoms with van der Waals surface area (Å²) in [5.74, 6) is -6.10. The predicted molar refractivity (Wildman–Crippen MR) is 75.5 cm³/mol. The fourth-order valence-electron chi connectivity index (χ4n) is 1.46. The molecule has 0 bridgehead atoms. The van der Waals surface area contributed by atoms with Crippen LogP contribution in [0.25, 0.3) is 0 Å². The Morgan fingerprint density at radius 3 is 1.29 bits per heavy atom. The SMILES string of the molecule is CC(OCCNC(C(=O)O)C(=O)O)OCCNC(C(=O)O)C(=O)O. The van der Waals surface area contributed by atoms with Crippen LogP contribution in [0.3, 0.4) is 0 Å². The van der Waals surface area contributed by atoms with Gasteiger partial charge in [-0.1, -0.05) is 0 Å². The fraction of sp³-hybridized carbons (Fsp3) is 0.667. The average molecular weight is 352 g/mol. The van der Waals surface area contributed by atoms with Crippen LogP contribution < -0.4 is 10.6 Å². The minimum atomic E-state index is -1.74. The lowest BCUT2D eigenvalue weighted by atomic mass is 10.3. The molecule has 0 aliphatic carbocycles. The van der Waals surface area contributed by atoms with Gasteiger partial charge < -0.3 is 29.9 Å². The van der Waals surface area contributed by atoms with Crippen molar-refractivity contribution in [1.82, 2.24) is 10.6 Å². The van der Waals surface area contributed by atoms with Crippen molar-refractivity contribution in [2.24, 2.45) is 0 Å². The first kappa shape index (κ1) is 21.7. The van der Waals surface area contributed by atoms with Gasteiger partial charge in [0.1, 0.15) is 0 Å². The highest BCUT2D eigenvalue weighted by Gasteiger charge is 2.25. The molecule has 0 aliphatic rings. The molecule has 12 nitrogen and oxygen atoms in total. The maximum absolute atomic E-state index is 10.6. The summed E-state index contributed by atoms with van der Waals surface area (Å²) >= 11 is 0. The number of nitrogens with one attached hydrogen (secondary N) is 2. The van der Waals surface area contributed by atoms with Crippen molar-refractivity contribution in [3.63, 3.8) is 0 Å². The summed E-state index contributed by atoms with van der Waals surface area (Å²) in [6.07, 6.45) is -0.741. The Labute approximate surface area is 136 Å². The van der Waals surface area contributed by atoms with Crippen LogP contribution in [-0.2, 0) is 28.7 Å². The van der Waals surface area contributed by atoms with Crippen LogP contribution in [0.1, 0.15) is 6.92 Å². The van der Waals surface area contributed by atoms with Gasteiger partial charge in [0.2, 0.25) is 12.1 Å². The minimum Gasteiger partial charge on any atom is -0.480 e. The van der Waals surface area contributed by atoms with Crippen LogP contribution in [0.5, 0.6) is 0 Å². The summed E-state index contributed by atoms with van der Waals surface area (Å²) in [5.41, 5.74) is 0. The quantitative estimate of drug-likeness (QED) is 0.111. The molecule has 0 spiro atoms. The van der Waals surface area contributed by atoms with E-state index in [0.717, 1.165) is 0 Å². The predicted octanol–water partition coefficient (Wildman–Crippen LogP) is -2.38. The van der Waals surface area contributed by atoms with Crippen molar-refractivity contribution in [1.29, 1.82) is 0 Å². The third-order valence-electron chi connectivity index (χ3n) is 2.59. The van der Waals surface area contributed by atoms with Gasteiger partial charge in [0.15, 0.2) is 6.29 Å². The van der Waals surface area contributed by atoms with Gasteiger partial charge in [0.05, 0.1) is 13.2 Å². The first-order chi connectivity index (χ1) is 11.2. The molecule has 24 heavy (non-hydrogen) atoms. The van der Waals surface area contributed by atoms with Crippen LogP contribution in [0.4, 0.5) is 0 Å². The van der Waals surface area contributed by atoms with Crippen molar-refractivity contribution in [2.75, 3.05) is 26.3 Å². The number of hydrogen-bond acceptors (Lipinski definition) is 8. The van der Waals surface area contributed by atoms with Gasteiger partial charge in [-0.3, -0.25) is 10.6 Å². The molecule has 0 rings (SSSR count). The smallest absolute Gasteiger partial charge is 0.332 e. The number of carboxylic acid groups (broad SMARTS) is 4. The van der Waals surface area contributed by atoms with E-state index < -0.39 is 42.3 Å². The molecule has 0 unspecified atom stereocenters. The molecule has 0 radical (unpaired) electrons. The van der Waals surface area contributed by atoms with E-state index in [0.29, 0.717) is 0 Å². The van der Waals surface area contributed by atoms with Gasteiger partial charge in [-0.05, 0) is 6.92 Å². The van der Waals surface area contributed by atoms with Gasteiger partial charge in [-0.15, -0.1) is 0 Å². The second-order valence-corrected chi connectivity index (χ2v) is 4.44. The highest BCUT2D eigenvalue weighted by molar-refractivity contribution is 5.97. The second kappa shape index (κ2) is 11.3. The maximum Gasteiger partial charge on any atom is 0.332 e. The molecule has 0 atom stereocenters. The highest BCUT2D eigenvalue weighted by atomic mass is 16.7. The molecule has 0 saturated heterocycles. The zero-order valence-corrected chi connectivity index (χ0v) is 12.8. The molecule has 0 heterocycles. The van der Waals surface area contributed by atoms with Crippen LogP contribution in [0, 0.1) is 0 Å². The van der Waals surface area contributed by atoms with Crippen molar-refractivity contribution >= 4 is 23.9 Å². The number of carbonyl (C=O) groups is 4. The van der Waals surface area contributed by atoms with Crippen molar-refractivity contribution in [3.05, 3.63) is 0 Å². The normalized spacial score (nSPS) is 11.2. The van der Waals surface area contributed by atoms with Gasteiger partial charge in [0, 0.05) is 13.1 Å². The maximum atomic E-state index is 10.6. The van der Waals surface area contributed by atoms with E-state index in [1.54, 1.807) is 0 Å². The van der Waals surface area contributed by atoms with E-state index in [1.165, 1.54) is 6.92 Å². The van der Waals surface area contributed by atoms with Gasteiger partial charge in [0.25, 0.3) is 0 Å². The summed E-state index contributed by atoms with van der Waals surface area (Å²) in [7, 11) is 0. The number of hydrogen-bond donors (Lipinski definition) is 6. The third-order valence-corrected chi connectivity index (χ3v) is 2.59. The Balaban J connectivity index is 3.86. The first-order valence-corrected chi connectivity index (χ1v) is 6.78. The Morgan fingerprint density at radius 2 is 1.04 bits per heavy atom. The molecule has 0 aromatic heterocycles. The monoisotopic (exact) mass is 352 g/mol. The van der Waals surface area contributed by atoms with E-state index in [4.69, 9.17) is 29.9 Å². The van der Waals surface area contributed by atoms with Gasteiger partial charge in [-0.2, -0.15) is 0 Å². The number of rotatable bonds is 14. The van der Waals surface area contributed by atoms with Crippen molar-refractivity contribution in [2.45, 2.75) is 25.3 Å². The van der Waals surface area contributed by atoms with E-state index in [2.05, 4.69) is 10.6 Å². The molecule has 0 aromatic carbocycles. The van der Waals surface area contributed by atoms with E-state index >= 15 is 0 Å². The molecule has 0 aliphatic heterocycles. The van der Waals surface area contributed by atoms with E-state index in [1.807, 2.05) is 0 Å². The molecule has 12 heteroatoms. The summed E-state index contributed by atoms with van der Waals surface area (Å²) in [4.78, 5) is 42.4. The lowest BCUT2D eigenvalue weighted by molar-refractivity contribution is -0.153. The summed E-state index contributed by atoms with van der Waals surface area (Å²) in [6, 6.07) is -3.48. The second-order valence-electron chi connectivity index (χ2n) is 4.44. The molecule has 138 valence electrons. The van der Waals surface area contributed by atoms with Crippen LogP contribution >= 0.6 is 0 Å². The Kier molecular flexibility index (Phi) is 10.2. The Bertz CT molecular complexity index is 387. The minimum absolute atomic E-state index is 0.0292. The zero-order valence-electron chi connectivity index (χ0n) is 12.8. The molecule has 6 N–H and O–H groups in total. The standard InChI is InChI=1S/C12H20N2O10/c1-6(23-4-2-13-7(9(15)16)10(17)18)24-5-3-14-8(11(19)20)12(21)22/h6-8,13-14H,2-5H2,1H3,(H,15,16)(H,17,18)(H,19,20)(H,21,22). The molecular weight excluding hydrogens is 332 g/mol. The number of aliphatic carboxylic acids is 4. The van der Waals surface area contributed by atoms with Crippen molar-refractivity contribution < 1.29 is 49.1 Å². The lowest BCUT2D eigenvalue weighted by Crippen LogP contribution is -2.45. The first-order valence-electron chi connectivity index (χ1n) is 6.78. The van der Waals surface area contributed by atoms with Crippen LogP contribution in [0.2, 0.25) is 0 Å². The Hall–Kier alpha value is -2.28. The molecule has 0 fully saturated rings. The fourth-order valence-corrected chi connectivity index (χ4v) is 1.46. The molecular formula is C12H20N2O10. The topological polar surface area (TPSA) is 192 Å². The largest absolute Gasteiger partial charge is 0.480 e. The van der Waals surface area contributed by atoms with E-state index in [9.17, 15) is 19.2 Å². The molecule has 0 saturated carbocycles. The summed E-state index contributed by atoms with van der Waals surface area (Å²) in [5, 5.41) is 39.0. The van der Waals surface area contributed by atoms with Crippen molar-refractivity contribution in [3.8, 4) is 0 Å².